The van der Waals surface area contributed by atoms with Crippen LogP contribution in [0, 0.1) is 0 Å². The van der Waals surface area contributed by atoms with Crippen molar-refractivity contribution < 1.29 is 22.6 Å². The Labute approximate surface area is 204 Å². The van der Waals surface area contributed by atoms with Crippen molar-refractivity contribution in [1.29, 1.82) is 0 Å². The summed E-state index contributed by atoms with van der Waals surface area (Å²) in [6.45, 7) is 5.96. The van der Waals surface area contributed by atoms with E-state index in [0.29, 0.717) is 13.2 Å². The van der Waals surface area contributed by atoms with Gasteiger partial charge in [-0.2, -0.15) is 0 Å². The fourth-order valence-corrected chi connectivity index (χ4v) is 4.62. The number of hydrogen-bond acceptors (Lipinski definition) is 4. The van der Waals surface area contributed by atoms with Crippen LogP contribution >= 0.6 is 0 Å². The van der Waals surface area contributed by atoms with Crippen LogP contribution in [0.15, 0.2) is 78.9 Å². The molecule has 0 spiro atoms. The summed E-state index contributed by atoms with van der Waals surface area (Å²) < 4.78 is 46.9. The fourth-order valence-electron chi connectivity index (χ4n) is 4.62. The van der Waals surface area contributed by atoms with Gasteiger partial charge < -0.3 is 14.8 Å². The molecule has 35 heavy (non-hydrogen) atoms. The summed E-state index contributed by atoms with van der Waals surface area (Å²) >= 11 is 0. The minimum atomic E-state index is -4.68. The molecule has 1 saturated heterocycles. The lowest BCUT2D eigenvalue weighted by atomic mass is 9.85. The van der Waals surface area contributed by atoms with Gasteiger partial charge in [-0.1, -0.05) is 54.6 Å². The van der Waals surface area contributed by atoms with Crippen LogP contribution in [0.25, 0.3) is 0 Å². The molecule has 0 saturated carbocycles. The molecule has 3 aromatic rings. The smallest absolute Gasteiger partial charge is 0.494 e. The first-order valence-corrected chi connectivity index (χ1v) is 12.0. The molecule has 2 atom stereocenters. The zero-order valence-electron chi connectivity index (χ0n) is 19.8. The minimum Gasteiger partial charge on any atom is -0.494 e. The summed E-state index contributed by atoms with van der Waals surface area (Å²) in [4.78, 5) is 2.48. The van der Waals surface area contributed by atoms with Gasteiger partial charge in [0.05, 0.1) is 6.61 Å². The van der Waals surface area contributed by atoms with Gasteiger partial charge in [0, 0.05) is 38.1 Å². The van der Waals surface area contributed by atoms with E-state index in [-0.39, 0.29) is 17.7 Å². The van der Waals surface area contributed by atoms with Gasteiger partial charge in [0.15, 0.2) is 0 Å². The Morgan fingerprint density at radius 1 is 0.886 bits per heavy atom. The molecule has 0 bridgehead atoms. The van der Waals surface area contributed by atoms with Gasteiger partial charge in [-0.25, -0.2) is 0 Å². The summed E-state index contributed by atoms with van der Waals surface area (Å²) in [5.41, 5.74) is 3.46. The van der Waals surface area contributed by atoms with Crippen molar-refractivity contribution in [2.45, 2.75) is 44.8 Å². The maximum absolute atomic E-state index is 12.4. The quantitative estimate of drug-likeness (QED) is 0.396. The summed E-state index contributed by atoms with van der Waals surface area (Å²) in [5, 5.41) is 3.66. The molecule has 0 amide bonds. The molecule has 7 heteroatoms. The molecule has 1 fully saturated rings. The van der Waals surface area contributed by atoms with Gasteiger partial charge in [0.2, 0.25) is 0 Å². The Morgan fingerprint density at radius 2 is 1.57 bits per heavy atom. The largest absolute Gasteiger partial charge is 0.573 e. The molecule has 1 N–H and O–H groups in total. The van der Waals surface area contributed by atoms with E-state index >= 15 is 0 Å². The van der Waals surface area contributed by atoms with E-state index in [1.165, 1.54) is 23.3 Å². The van der Waals surface area contributed by atoms with E-state index in [1.54, 1.807) is 12.1 Å². The Bertz CT molecular complexity index is 1040. The third kappa shape index (κ3) is 7.47. The average molecular weight is 485 g/mol. The number of piperidine rings is 1. The van der Waals surface area contributed by atoms with Crippen LogP contribution in [0.2, 0.25) is 0 Å². The highest BCUT2D eigenvalue weighted by Gasteiger charge is 2.31. The Balaban J connectivity index is 1.44. The molecule has 4 nitrogen and oxygen atoms in total. The number of benzene rings is 3. The van der Waals surface area contributed by atoms with Gasteiger partial charge in [-0.05, 0) is 54.3 Å². The first kappa shape index (κ1) is 25.1. The summed E-state index contributed by atoms with van der Waals surface area (Å²) in [5.74, 6) is 0.928. The topological polar surface area (TPSA) is 33.7 Å². The lowest BCUT2D eigenvalue weighted by molar-refractivity contribution is -0.274. The number of ether oxygens (including phenoxy) is 2. The number of alkyl halides is 3. The van der Waals surface area contributed by atoms with Crippen LogP contribution in [0.5, 0.6) is 11.5 Å². The van der Waals surface area contributed by atoms with Crippen molar-refractivity contribution in [1.82, 2.24) is 10.2 Å². The van der Waals surface area contributed by atoms with Crippen molar-refractivity contribution in [2.75, 3.05) is 19.7 Å². The molecule has 0 aromatic heterocycles. The Kier molecular flexibility index (Phi) is 8.31. The highest BCUT2D eigenvalue weighted by Crippen LogP contribution is 2.30. The number of hydrogen-bond donors (Lipinski definition) is 1. The standard InChI is InChI=1S/C28H31F3N2O2/c1-2-34-24-14-10-23(11-15-24)26-20-33(19-22-6-4-3-5-7-22)17-16-27(26)32-18-21-8-12-25(13-9-21)35-28(29,30)31/h3-15,26-27,32H,2,16-20H2,1H3/t26-,27+/m1/s1. The zero-order valence-corrected chi connectivity index (χ0v) is 19.8. The van der Waals surface area contributed by atoms with Crippen LogP contribution in [-0.2, 0) is 13.1 Å². The molecule has 186 valence electrons. The van der Waals surface area contributed by atoms with Crippen LogP contribution in [0.4, 0.5) is 13.2 Å². The maximum atomic E-state index is 12.4. The molecule has 3 aromatic carbocycles. The number of nitrogens with zero attached hydrogens (tertiary/aromatic N) is 1. The van der Waals surface area contributed by atoms with E-state index in [1.807, 2.05) is 25.1 Å². The normalized spacial score (nSPS) is 18.9. The van der Waals surface area contributed by atoms with Gasteiger partial charge >= 0.3 is 6.36 Å². The SMILES string of the molecule is CCOc1ccc([C@H]2CN(Cc3ccccc3)CC[C@@H]2NCc2ccc(OC(F)(F)F)cc2)cc1. The van der Waals surface area contributed by atoms with Gasteiger partial charge in [-0.15, -0.1) is 13.2 Å². The lowest BCUT2D eigenvalue weighted by Crippen LogP contribution is -2.47. The van der Waals surface area contributed by atoms with Crippen molar-refractivity contribution in [3.8, 4) is 11.5 Å². The highest BCUT2D eigenvalue weighted by atomic mass is 19.4. The molecule has 0 radical (unpaired) electrons. The van der Waals surface area contributed by atoms with Crippen molar-refractivity contribution in [2.24, 2.45) is 0 Å². The van der Waals surface area contributed by atoms with Gasteiger partial charge in [-0.3, -0.25) is 4.90 Å². The summed E-state index contributed by atoms with van der Waals surface area (Å²) in [7, 11) is 0. The van der Waals surface area contributed by atoms with E-state index in [0.717, 1.165) is 37.4 Å². The fraction of sp³-hybridized carbons (Fsp3) is 0.357. The number of likely N-dealkylation sites (tertiary alicyclic amines) is 1. The lowest BCUT2D eigenvalue weighted by Gasteiger charge is -2.39. The number of halogens is 3. The third-order valence-corrected chi connectivity index (χ3v) is 6.29. The Hall–Kier alpha value is -3.03. The van der Waals surface area contributed by atoms with Crippen LogP contribution in [0.1, 0.15) is 36.0 Å². The van der Waals surface area contributed by atoms with Crippen molar-refractivity contribution in [3.63, 3.8) is 0 Å². The van der Waals surface area contributed by atoms with Gasteiger partial charge in [0.1, 0.15) is 11.5 Å². The first-order valence-electron chi connectivity index (χ1n) is 12.0. The number of rotatable bonds is 9. The predicted octanol–water partition coefficient (Wildman–Crippen LogP) is 6.13. The molecule has 1 aliphatic rings. The van der Waals surface area contributed by atoms with E-state index in [9.17, 15) is 13.2 Å². The zero-order chi connectivity index (χ0) is 24.7. The van der Waals surface area contributed by atoms with E-state index in [4.69, 9.17) is 4.74 Å². The van der Waals surface area contributed by atoms with Crippen molar-refractivity contribution >= 4 is 0 Å². The molecular weight excluding hydrogens is 453 g/mol. The summed E-state index contributed by atoms with van der Waals surface area (Å²) in [6.07, 6.45) is -3.71. The first-order chi connectivity index (χ1) is 16.9. The maximum Gasteiger partial charge on any atom is 0.573 e. The number of nitrogens with one attached hydrogen (secondary N) is 1. The summed E-state index contributed by atoms with van der Waals surface area (Å²) in [6, 6.07) is 25.1. The van der Waals surface area contributed by atoms with Crippen LogP contribution in [0.3, 0.4) is 0 Å². The molecule has 0 unspecified atom stereocenters. The molecule has 0 aliphatic carbocycles. The Morgan fingerprint density at radius 3 is 2.23 bits per heavy atom. The van der Waals surface area contributed by atoms with Crippen molar-refractivity contribution in [3.05, 3.63) is 95.6 Å². The van der Waals surface area contributed by atoms with Gasteiger partial charge in [0.25, 0.3) is 0 Å². The third-order valence-electron chi connectivity index (χ3n) is 6.29. The molecule has 1 heterocycles. The molecule has 1 aliphatic heterocycles. The average Bonchev–Trinajstić information content (AvgIpc) is 2.84. The van der Waals surface area contributed by atoms with E-state index in [2.05, 4.69) is 51.4 Å². The van der Waals surface area contributed by atoms with E-state index < -0.39 is 6.36 Å². The monoisotopic (exact) mass is 484 g/mol. The van der Waals surface area contributed by atoms with Crippen LogP contribution < -0.4 is 14.8 Å². The second-order valence-corrected chi connectivity index (χ2v) is 8.80. The highest BCUT2D eigenvalue weighted by molar-refractivity contribution is 5.32. The van der Waals surface area contributed by atoms with Crippen LogP contribution in [-0.4, -0.2) is 37.0 Å². The second kappa shape index (κ2) is 11.6. The second-order valence-electron chi connectivity index (χ2n) is 8.80. The molecule has 4 rings (SSSR count). The minimum absolute atomic E-state index is 0.206. The predicted molar refractivity (Wildman–Crippen MR) is 130 cm³/mol. The molecular formula is C28H31F3N2O2.